The lowest BCUT2D eigenvalue weighted by molar-refractivity contribution is -0.275. The normalized spacial score (nSPS) is 14.0. The Morgan fingerprint density at radius 3 is 1.40 bits per heavy atom. The summed E-state index contributed by atoms with van der Waals surface area (Å²) in [5, 5.41) is 18.9. The number of halogens is 8. The van der Waals surface area contributed by atoms with Gasteiger partial charge in [0.05, 0.1) is 36.1 Å². The van der Waals surface area contributed by atoms with Crippen molar-refractivity contribution >= 4 is 27.6 Å². The predicted molar refractivity (Wildman–Crippen MR) is 134 cm³/mol. The molecule has 0 amide bonds. The molecule has 7 nitrogen and oxygen atoms in total. The molecular formula is C27H24F8N2O5. The molecule has 0 bridgehead atoms. The van der Waals surface area contributed by atoms with E-state index in [-0.39, 0.29) is 46.0 Å². The van der Waals surface area contributed by atoms with E-state index in [9.17, 15) is 50.1 Å². The first-order valence-electron chi connectivity index (χ1n) is 12.5. The lowest BCUT2D eigenvalue weighted by atomic mass is 9.84. The van der Waals surface area contributed by atoms with Crippen LogP contribution in [0.2, 0.25) is 0 Å². The highest BCUT2D eigenvalue weighted by atomic mass is 19.4. The van der Waals surface area contributed by atoms with Crippen molar-refractivity contribution in [2.45, 2.75) is 37.7 Å². The number of Topliss-reactive ketones (excluding diaryl/α,β-unsaturated/α-hetero) is 1. The summed E-state index contributed by atoms with van der Waals surface area (Å²) in [7, 11) is 0. The first-order valence-corrected chi connectivity index (χ1v) is 12.5. The highest BCUT2D eigenvalue weighted by Gasteiger charge is 2.37. The summed E-state index contributed by atoms with van der Waals surface area (Å²) >= 11 is 0. The van der Waals surface area contributed by atoms with Crippen LogP contribution in [0.25, 0.3) is 21.8 Å². The van der Waals surface area contributed by atoms with Gasteiger partial charge in [0, 0.05) is 36.3 Å². The van der Waals surface area contributed by atoms with Crippen LogP contribution in [0, 0.1) is 0 Å². The first kappa shape index (κ1) is 31.1. The van der Waals surface area contributed by atoms with Crippen LogP contribution in [0.1, 0.15) is 23.0 Å². The molecule has 2 N–H and O–H groups in total. The van der Waals surface area contributed by atoms with Gasteiger partial charge in [-0.3, -0.25) is 4.79 Å². The van der Waals surface area contributed by atoms with Crippen molar-refractivity contribution in [3.05, 3.63) is 59.9 Å². The van der Waals surface area contributed by atoms with Gasteiger partial charge in [-0.15, -0.1) is 26.3 Å². The third kappa shape index (κ3) is 6.31. The summed E-state index contributed by atoms with van der Waals surface area (Å²) in [6.45, 7) is -4.34. The number of rotatable bonds is 12. The van der Waals surface area contributed by atoms with Crippen molar-refractivity contribution in [1.82, 2.24) is 9.13 Å². The van der Waals surface area contributed by atoms with Gasteiger partial charge in [0.1, 0.15) is 13.3 Å². The Labute approximate surface area is 232 Å². The summed E-state index contributed by atoms with van der Waals surface area (Å²) in [6.07, 6.45) is -7.83. The second-order valence-corrected chi connectivity index (χ2v) is 9.22. The molecule has 0 aliphatic rings. The minimum Gasteiger partial charge on any atom is -0.404 e. The standard InChI is InChI=1S/C27H24F8N2O5/c28-11-17(19-13-36(7-9-38)23-15(19)3-1-5-21(23)41-26(30,31)32)25(40)18(12-29)20-14-37(8-10-39)24-16(20)4-2-6-22(24)42-27(33,34)35/h1-6,13-14,17-18,38-39H,7-12H2. The van der Waals surface area contributed by atoms with Crippen LogP contribution in [0.3, 0.4) is 0 Å². The zero-order chi connectivity index (χ0) is 30.8. The lowest BCUT2D eigenvalue weighted by Gasteiger charge is -2.18. The molecule has 0 saturated heterocycles. The number of carbonyl (C=O) groups excluding carboxylic acids is 1. The number of hydrogen-bond acceptors (Lipinski definition) is 5. The summed E-state index contributed by atoms with van der Waals surface area (Å²) < 4.78 is 118. The number of hydrogen-bond donors (Lipinski definition) is 2. The van der Waals surface area contributed by atoms with Crippen molar-refractivity contribution < 1.29 is 59.6 Å². The highest BCUT2D eigenvalue weighted by molar-refractivity contribution is 6.01. The van der Waals surface area contributed by atoms with E-state index >= 15 is 0 Å². The zero-order valence-electron chi connectivity index (χ0n) is 21.6. The van der Waals surface area contributed by atoms with Gasteiger partial charge in [-0.25, -0.2) is 8.78 Å². The van der Waals surface area contributed by atoms with E-state index in [0.717, 1.165) is 21.3 Å². The maximum absolute atomic E-state index is 14.6. The van der Waals surface area contributed by atoms with Crippen LogP contribution >= 0.6 is 0 Å². The van der Waals surface area contributed by atoms with Gasteiger partial charge in [0.15, 0.2) is 17.3 Å². The van der Waals surface area contributed by atoms with E-state index in [4.69, 9.17) is 0 Å². The van der Waals surface area contributed by atoms with Gasteiger partial charge < -0.3 is 28.8 Å². The van der Waals surface area contributed by atoms with Gasteiger partial charge in [-0.05, 0) is 23.3 Å². The fraction of sp³-hybridized carbons (Fsp3) is 0.370. The Morgan fingerprint density at radius 1 is 0.714 bits per heavy atom. The van der Waals surface area contributed by atoms with Crippen LogP contribution in [0.15, 0.2) is 48.8 Å². The highest BCUT2D eigenvalue weighted by Crippen LogP contribution is 2.41. The Kier molecular flexibility index (Phi) is 9.01. The third-order valence-electron chi connectivity index (χ3n) is 6.66. The molecule has 4 aromatic rings. The van der Waals surface area contributed by atoms with E-state index in [1.165, 1.54) is 36.7 Å². The second-order valence-electron chi connectivity index (χ2n) is 9.22. The van der Waals surface area contributed by atoms with Crippen molar-refractivity contribution in [2.24, 2.45) is 0 Å². The number of benzene rings is 2. The molecule has 2 unspecified atom stereocenters. The fourth-order valence-electron chi connectivity index (χ4n) is 5.11. The predicted octanol–water partition coefficient (Wildman–Crippen LogP) is 5.75. The lowest BCUT2D eigenvalue weighted by Crippen LogP contribution is -2.23. The first-order chi connectivity index (χ1) is 19.8. The molecule has 2 aromatic carbocycles. The molecule has 2 aromatic heterocycles. The van der Waals surface area contributed by atoms with Crippen molar-refractivity contribution in [2.75, 3.05) is 26.6 Å². The van der Waals surface area contributed by atoms with Crippen LogP contribution in [-0.4, -0.2) is 64.4 Å². The molecule has 0 saturated carbocycles. The topological polar surface area (TPSA) is 85.9 Å². The van der Waals surface area contributed by atoms with Crippen molar-refractivity contribution in [1.29, 1.82) is 0 Å². The van der Waals surface area contributed by atoms with Gasteiger partial charge >= 0.3 is 12.7 Å². The minimum absolute atomic E-state index is 0.0117. The van der Waals surface area contributed by atoms with Gasteiger partial charge in [0.25, 0.3) is 0 Å². The molecule has 0 aliphatic carbocycles. The molecule has 42 heavy (non-hydrogen) atoms. The number of fused-ring (bicyclic) bond motifs is 2. The molecule has 0 spiro atoms. The van der Waals surface area contributed by atoms with E-state index in [0.29, 0.717) is 0 Å². The molecule has 4 rings (SSSR count). The Hall–Kier alpha value is -3.85. The largest absolute Gasteiger partial charge is 0.573 e. The minimum atomic E-state index is -5.09. The Balaban J connectivity index is 1.85. The van der Waals surface area contributed by atoms with E-state index in [1.807, 2.05) is 0 Å². The monoisotopic (exact) mass is 608 g/mol. The molecule has 0 aliphatic heterocycles. The Bertz CT molecular complexity index is 1450. The van der Waals surface area contributed by atoms with E-state index in [2.05, 4.69) is 9.47 Å². The summed E-state index contributed by atoms with van der Waals surface area (Å²) in [6, 6.07) is 7.01. The molecule has 228 valence electrons. The maximum atomic E-state index is 14.6. The van der Waals surface area contributed by atoms with Gasteiger partial charge in [-0.1, -0.05) is 24.3 Å². The molecule has 2 heterocycles. The van der Waals surface area contributed by atoms with Gasteiger partial charge in [-0.2, -0.15) is 0 Å². The quantitative estimate of drug-likeness (QED) is 0.200. The number of para-hydroxylation sites is 2. The number of alkyl halides is 8. The van der Waals surface area contributed by atoms with Crippen LogP contribution in [0.4, 0.5) is 35.1 Å². The number of ketones is 1. The molecular weight excluding hydrogens is 584 g/mol. The van der Waals surface area contributed by atoms with E-state index < -0.39 is 68.4 Å². The maximum Gasteiger partial charge on any atom is 0.573 e. The molecule has 15 heteroatoms. The summed E-state index contributed by atoms with van der Waals surface area (Å²) in [5.74, 6) is -5.79. The number of carbonyl (C=O) groups is 1. The number of aliphatic hydroxyl groups is 2. The number of aromatic nitrogens is 2. The Morgan fingerprint density at radius 2 is 1.10 bits per heavy atom. The summed E-state index contributed by atoms with van der Waals surface area (Å²) in [5.41, 5.74) is -0.569. The zero-order valence-corrected chi connectivity index (χ0v) is 21.6. The molecule has 2 atom stereocenters. The fourth-order valence-corrected chi connectivity index (χ4v) is 5.11. The second kappa shape index (κ2) is 12.2. The molecule has 0 fully saturated rings. The average molecular weight is 608 g/mol. The van der Waals surface area contributed by atoms with Crippen LogP contribution < -0.4 is 9.47 Å². The number of ether oxygens (including phenoxy) is 2. The average Bonchev–Trinajstić information content (AvgIpc) is 3.44. The smallest absolute Gasteiger partial charge is 0.404 e. The number of aliphatic hydroxyl groups excluding tert-OH is 2. The van der Waals surface area contributed by atoms with Crippen molar-refractivity contribution in [3.63, 3.8) is 0 Å². The van der Waals surface area contributed by atoms with Gasteiger partial charge in [0.2, 0.25) is 0 Å². The van der Waals surface area contributed by atoms with Crippen LogP contribution in [0.5, 0.6) is 11.5 Å². The van der Waals surface area contributed by atoms with Crippen LogP contribution in [-0.2, 0) is 17.9 Å². The third-order valence-corrected chi connectivity index (χ3v) is 6.66. The van der Waals surface area contributed by atoms with E-state index in [1.54, 1.807) is 0 Å². The molecule has 0 radical (unpaired) electrons. The summed E-state index contributed by atoms with van der Waals surface area (Å²) in [4.78, 5) is 13.7. The SMILES string of the molecule is O=C(C(CF)c1cn(CCO)c2c(OC(F)(F)F)cccc12)C(CF)c1cn(CCO)c2c(OC(F)(F)F)cccc12. The van der Waals surface area contributed by atoms with Crippen molar-refractivity contribution in [3.8, 4) is 11.5 Å². The number of nitrogens with zero attached hydrogens (tertiary/aromatic N) is 2.